The van der Waals surface area contributed by atoms with Gasteiger partial charge in [0.25, 0.3) is 0 Å². The van der Waals surface area contributed by atoms with Gasteiger partial charge < -0.3 is 14.8 Å². The summed E-state index contributed by atoms with van der Waals surface area (Å²) in [4.78, 5) is 7.86. The van der Waals surface area contributed by atoms with Crippen LogP contribution >= 0.6 is 11.6 Å². The second-order valence-corrected chi connectivity index (χ2v) is 4.13. The number of nitrogens with one attached hydrogen (secondary N) is 1. The fraction of sp³-hybridized carbons (Fsp3) is 0.231. The van der Waals surface area contributed by atoms with Crippen molar-refractivity contribution in [2.75, 3.05) is 19.5 Å². The van der Waals surface area contributed by atoms with E-state index in [-0.39, 0.29) is 0 Å². The lowest BCUT2D eigenvalue weighted by Crippen LogP contribution is -2.02. The van der Waals surface area contributed by atoms with Crippen molar-refractivity contribution in [1.29, 1.82) is 0 Å². The van der Waals surface area contributed by atoms with Gasteiger partial charge in [0.2, 0.25) is 0 Å². The number of methoxy groups -OCH3 is 2. The number of benzene rings is 1. The molecule has 2 rings (SSSR count). The van der Waals surface area contributed by atoms with Crippen LogP contribution < -0.4 is 14.8 Å². The molecule has 6 heteroatoms. The number of aromatic nitrogens is 2. The standard InChI is InChI=1S/C13H14ClN3O2/c1-18-11-4-3-9(12(14)13(11)19-2)5-17-10-6-15-8-16-7-10/h3-4,6-8,17H,5H2,1-2H3. The Morgan fingerprint density at radius 1 is 1.16 bits per heavy atom. The lowest BCUT2D eigenvalue weighted by Gasteiger charge is -2.13. The SMILES string of the molecule is COc1ccc(CNc2cncnc2)c(Cl)c1OC. The van der Waals surface area contributed by atoms with Crippen LogP contribution in [-0.4, -0.2) is 24.2 Å². The van der Waals surface area contributed by atoms with Crippen LogP contribution in [0, 0.1) is 0 Å². The second kappa shape index (κ2) is 6.24. The first-order valence-corrected chi connectivity index (χ1v) is 6.02. The van der Waals surface area contributed by atoms with E-state index in [0.717, 1.165) is 11.3 Å². The molecule has 0 unspecified atom stereocenters. The molecule has 0 fully saturated rings. The highest BCUT2D eigenvalue weighted by Crippen LogP contribution is 2.37. The summed E-state index contributed by atoms with van der Waals surface area (Å²) in [6, 6.07) is 3.71. The van der Waals surface area contributed by atoms with Crippen molar-refractivity contribution >= 4 is 17.3 Å². The Kier molecular flexibility index (Phi) is 4.41. The molecule has 5 nitrogen and oxygen atoms in total. The first-order chi connectivity index (χ1) is 9.26. The molecule has 1 aromatic carbocycles. The molecule has 0 bridgehead atoms. The summed E-state index contributed by atoms with van der Waals surface area (Å²) in [6.45, 7) is 0.548. The van der Waals surface area contributed by atoms with Crippen molar-refractivity contribution < 1.29 is 9.47 Å². The number of halogens is 1. The molecular formula is C13H14ClN3O2. The maximum Gasteiger partial charge on any atom is 0.179 e. The fourth-order valence-corrected chi connectivity index (χ4v) is 1.95. The molecular weight excluding hydrogens is 266 g/mol. The number of hydrogen-bond donors (Lipinski definition) is 1. The summed E-state index contributed by atoms with van der Waals surface area (Å²) < 4.78 is 10.4. The number of anilines is 1. The molecule has 0 aliphatic rings. The molecule has 100 valence electrons. The molecule has 0 saturated carbocycles. The van der Waals surface area contributed by atoms with Gasteiger partial charge in [0.05, 0.1) is 37.3 Å². The highest BCUT2D eigenvalue weighted by atomic mass is 35.5. The minimum absolute atomic E-state index is 0.534. The molecule has 0 spiro atoms. The zero-order valence-corrected chi connectivity index (χ0v) is 11.4. The van der Waals surface area contributed by atoms with Crippen LogP contribution in [0.5, 0.6) is 11.5 Å². The third-order valence-electron chi connectivity index (χ3n) is 2.61. The first-order valence-electron chi connectivity index (χ1n) is 5.64. The summed E-state index contributed by atoms with van der Waals surface area (Å²) in [5.41, 5.74) is 1.73. The van der Waals surface area contributed by atoms with Crippen molar-refractivity contribution in [3.8, 4) is 11.5 Å². The molecule has 1 aromatic heterocycles. The summed E-state index contributed by atoms with van der Waals surface area (Å²) in [5, 5.41) is 3.72. The van der Waals surface area contributed by atoms with Gasteiger partial charge in [-0.3, -0.25) is 0 Å². The number of nitrogens with zero attached hydrogens (tertiary/aromatic N) is 2. The summed E-state index contributed by atoms with van der Waals surface area (Å²) in [5.74, 6) is 1.15. The van der Waals surface area contributed by atoms with Crippen LogP contribution in [0.15, 0.2) is 30.9 Å². The fourth-order valence-electron chi connectivity index (χ4n) is 1.65. The van der Waals surface area contributed by atoms with E-state index in [1.54, 1.807) is 26.6 Å². The smallest absolute Gasteiger partial charge is 0.179 e. The van der Waals surface area contributed by atoms with E-state index < -0.39 is 0 Å². The predicted molar refractivity (Wildman–Crippen MR) is 73.9 cm³/mol. The Morgan fingerprint density at radius 2 is 1.89 bits per heavy atom. The van der Waals surface area contributed by atoms with E-state index in [2.05, 4.69) is 15.3 Å². The van der Waals surface area contributed by atoms with E-state index in [9.17, 15) is 0 Å². The van der Waals surface area contributed by atoms with Crippen LogP contribution in [0.25, 0.3) is 0 Å². The largest absolute Gasteiger partial charge is 0.493 e. The maximum absolute atomic E-state index is 6.28. The van der Waals surface area contributed by atoms with Gasteiger partial charge in [0.1, 0.15) is 6.33 Å². The molecule has 0 aliphatic heterocycles. The maximum atomic E-state index is 6.28. The molecule has 0 saturated heterocycles. The van der Waals surface area contributed by atoms with Gasteiger partial charge in [-0.05, 0) is 11.6 Å². The number of hydrogen-bond acceptors (Lipinski definition) is 5. The third-order valence-corrected chi connectivity index (χ3v) is 3.02. The van der Waals surface area contributed by atoms with Crippen LogP contribution in [-0.2, 0) is 6.54 Å². The van der Waals surface area contributed by atoms with Gasteiger partial charge in [-0.15, -0.1) is 0 Å². The average molecular weight is 280 g/mol. The quantitative estimate of drug-likeness (QED) is 0.912. The lowest BCUT2D eigenvalue weighted by molar-refractivity contribution is 0.355. The van der Waals surface area contributed by atoms with E-state index in [1.807, 2.05) is 12.1 Å². The zero-order chi connectivity index (χ0) is 13.7. The zero-order valence-electron chi connectivity index (χ0n) is 10.7. The van der Waals surface area contributed by atoms with Crippen molar-refractivity contribution in [3.05, 3.63) is 41.4 Å². The molecule has 19 heavy (non-hydrogen) atoms. The topological polar surface area (TPSA) is 56.3 Å². The van der Waals surface area contributed by atoms with Crippen molar-refractivity contribution in [2.45, 2.75) is 6.54 Å². The van der Waals surface area contributed by atoms with Gasteiger partial charge in [-0.1, -0.05) is 17.7 Å². The molecule has 0 atom stereocenters. The van der Waals surface area contributed by atoms with Crippen LogP contribution in [0.1, 0.15) is 5.56 Å². The van der Waals surface area contributed by atoms with E-state index in [4.69, 9.17) is 21.1 Å². The Labute approximate surface area is 116 Å². The highest BCUT2D eigenvalue weighted by molar-refractivity contribution is 6.33. The average Bonchev–Trinajstić information content (AvgIpc) is 2.46. The minimum Gasteiger partial charge on any atom is -0.493 e. The Morgan fingerprint density at radius 3 is 2.53 bits per heavy atom. The predicted octanol–water partition coefficient (Wildman–Crippen LogP) is 2.76. The summed E-state index contributed by atoms with van der Waals surface area (Å²) in [6.07, 6.45) is 4.87. The second-order valence-electron chi connectivity index (χ2n) is 3.75. The van der Waals surface area contributed by atoms with Gasteiger partial charge in [-0.2, -0.15) is 0 Å². The Bertz CT molecular complexity index is 549. The molecule has 0 aliphatic carbocycles. The van der Waals surface area contributed by atoms with E-state index in [1.165, 1.54) is 6.33 Å². The molecule has 2 aromatic rings. The Balaban J connectivity index is 2.17. The van der Waals surface area contributed by atoms with Crippen LogP contribution in [0.4, 0.5) is 5.69 Å². The summed E-state index contributed by atoms with van der Waals surface area (Å²) in [7, 11) is 3.14. The van der Waals surface area contributed by atoms with Crippen LogP contribution in [0.2, 0.25) is 5.02 Å². The van der Waals surface area contributed by atoms with Gasteiger partial charge in [-0.25, -0.2) is 9.97 Å². The first kappa shape index (κ1) is 13.4. The van der Waals surface area contributed by atoms with Gasteiger partial charge in [0, 0.05) is 6.54 Å². The van der Waals surface area contributed by atoms with Crippen molar-refractivity contribution in [2.24, 2.45) is 0 Å². The third kappa shape index (κ3) is 3.06. The summed E-state index contributed by atoms with van der Waals surface area (Å²) >= 11 is 6.28. The number of ether oxygens (including phenoxy) is 2. The number of rotatable bonds is 5. The van der Waals surface area contributed by atoms with Crippen LogP contribution in [0.3, 0.4) is 0 Å². The van der Waals surface area contributed by atoms with Crippen molar-refractivity contribution in [1.82, 2.24) is 9.97 Å². The van der Waals surface area contributed by atoms with Crippen molar-refractivity contribution in [3.63, 3.8) is 0 Å². The Hall–Kier alpha value is -2.01. The molecule has 1 heterocycles. The molecule has 0 amide bonds. The minimum atomic E-state index is 0.534. The normalized spacial score (nSPS) is 10.1. The lowest BCUT2D eigenvalue weighted by atomic mass is 10.2. The highest BCUT2D eigenvalue weighted by Gasteiger charge is 2.12. The van der Waals surface area contributed by atoms with Gasteiger partial charge in [0.15, 0.2) is 11.5 Å². The van der Waals surface area contributed by atoms with Gasteiger partial charge >= 0.3 is 0 Å². The molecule has 0 radical (unpaired) electrons. The van der Waals surface area contributed by atoms with E-state index >= 15 is 0 Å². The monoisotopic (exact) mass is 279 g/mol. The molecule has 1 N–H and O–H groups in total. The van der Waals surface area contributed by atoms with E-state index in [0.29, 0.717) is 23.1 Å².